The second kappa shape index (κ2) is 8.40. The van der Waals surface area contributed by atoms with Crippen molar-refractivity contribution in [3.8, 4) is 35.2 Å². The first-order valence-corrected chi connectivity index (χ1v) is 11.8. The lowest BCUT2D eigenvalue weighted by molar-refractivity contribution is -0.0779. The summed E-state index contributed by atoms with van der Waals surface area (Å²) in [6, 6.07) is 6.48. The number of esters is 1. The molecule has 3 N–H and O–H groups in total. The molecule has 0 spiro atoms. The molecule has 2 aromatic rings. The number of carbonyl (C=O) groups is 2. The number of aromatic hydroxyl groups is 1. The quantitative estimate of drug-likeness (QED) is 0.309. The molecule has 2 fully saturated rings. The number of ether oxygens (including phenoxy) is 5. The molecule has 2 saturated heterocycles. The molecule has 10 heteroatoms. The Morgan fingerprint density at radius 2 is 2.05 bits per heavy atom. The molecule has 0 bridgehead atoms. The molecular formula is C28H22O10. The van der Waals surface area contributed by atoms with E-state index in [4.69, 9.17) is 23.7 Å². The van der Waals surface area contributed by atoms with Crippen molar-refractivity contribution < 1.29 is 48.6 Å². The van der Waals surface area contributed by atoms with Crippen LogP contribution in [-0.2, 0) is 18.9 Å². The van der Waals surface area contributed by atoms with Crippen LogP contribution in [0.15, 0.2) is 35.9 Å². The number of carbonyl (C=O) groups excluding carboxylic acids is 2. The van der Waals surface area contributed by atoms with Crippen molar-refractivity contribution in [3.05, 3.63) is 47.0 Å². The zero-order chi connectivity index (χ0) is 26.8. The third-order valence-corrected chi connectivity index (χ3v) is 7.27. The number of phenolic OH excluding ortho intramolecular Hbond substituents is 1. The predicted molar refractivity (Wildman–Crippen MR) is 129 cm³/mol. The minimum Gasteiger partial charge on any atom is -0.507 e. The Morgan fingerprint density at radius 1 is 1.24 bits per heavy atom. The Labute approximate surface area is 216 Å². The number of methoxy groups -OCH3 is 1. The maximum Gasteiger partial charge on any atom is 0.508 e. The van der Waals surface area contributed by atoms with Gasteiger partial charge in [-0.05, 0) is 42.1 Å². The van der Waals surface area contributed by atoms with Crippen molar-refractivity contribution in [1.29, 1.82) is 0 Å². The highest BCUT2D eigenvalue weighted by molar-refractivity contribution is 6.08. The molecule has 0 unspecified atom stereocenters. The minimum atomic E-state index is -1.92. The number of cyclic esters (lactones) is 2. The molecule has 2 aromatic carbocycles. The van der Waals surface area contributed by atoms with Gasteiger partial charge in [0.25, 0.3) is 0 Å². The van der Waals surface area contributed by atoms with Gasteiger partial charge in [-0.3, -0.25) is 0 Å². The summed E-state index contributed by atoms with van der Waals surface area (Å²) in [6.45, 7) is 1.78. The Balaban J connectivity index is 1.34. The summed E-state index contributed by atoms with van der Waals surface area (Å²) < 4.78 is 26.6. The van der Waals surface area contributed by atoms with Crippen LogP contribution in [0.1, 0.15) is 22.3 Å². The number of hydrogen-bond donors (Lipinski definition) is 3. The first-order chi connectivity index (χ1) is 18.2. The third-order valence-electron chi connectivity index (χ3n) is 7.27. The summed E-state index contributed by atoms with van der Waals surface area (Å²) in [7, 11) is 1.49. The maximum absolute atomic E-state index is 13.3. The molecule has 4 aliphatic rings. The first-order valence-electron chi connectivity index (χ1n) is 11.8. The Bertz CT molecular complexity index is 1550. The van der Waals surface area contributed by atoms with Crippen molar-refractivity contribution in [2.24, 2.45) is 0 Å². The van der Waals surface area contributed by atoms with E-state index in [1.54, 1.807) is 18.2 Å². The van der Waals surface area contributed by atoms with Gasteiger partial charge in [0.15, 0.2) is 18.3 Å². The van der Waals surface area contributed by atoms with E-state index < -0.39 is 47.7 Å². The molecule has 38 heavy (non-hydrogen) atoms. The predicted octanol–water partition coefficient (Wildman–Crippen LogP) is 1.50. The second-order valence-electron chi connectivity index (χ2n) is 9.52. The molecule has 0 radical (unpaired) electrons. The smallest absolute Gasteiger partial charge is 0.507 e. The van der Waals surface area contributed by atoms with E-state index in [0.717, 1.165) is 5.56 Å². The molecule has 2 heterocycles. The molecule has 0 amide bonds. The molecule has 0 aromatic heterocycles. The van der Waals surface area contributed by atoms with Crippen molar-refractivity contribution in [1.82, 2.24) is 0 Å². The van der Waals surface area contributed by atoms with Crippen LogP contribution < -0.4 is 4.74 Å². The fourth-order valence-electron chi connectivity index (χ4n) is 5.07. The van der Waals surface area contributed by atoms with E-state index in [-0.39, 0.29) is 29.9 Å². The van der Waals surface area contributed by atoms with Crippen LogP contribution in [0.25, 0.3) is 10.8 Å². The zero-order valence-corrected chi connectivity index (χ0v) is 20.3. The maximum atomic E-state index is 13.3. The lowest BCUT2D eigenvalue weighted by Gasteiger charge is -2.28. The van der Waals surface area contributed by atoms with Gasteiger partial charge in [-0.25, -0.2) is 9.59 Å². The van der Waals surface area contributed by atoms with Gasteiger partial charge in [0.05, 0.1) is 7.11 Å². The van der Waals surface area contributed by atoms with Crippen LogP contribution in [0.2, 0.25) is 0 Å². The third kappa shape index (κ3) is 3.57. The van der Waals surface area contributed by atoms with Gasteiger partial charge >= 0.3 is 12.1 Å². The number of fused-ring (bicyclic) bond motifs is 3. The zero-order valence-electron chi connectivity index (χ0n) is 20.3. The van der Waals surface area contributed by atoms with Crippen molar-refractivity contribution >= 4 is 22.9 Å². The fourth-order valence-corrected chi connectivity index (χ4v) is 5.07. The highest BCUT2D eigenvalue weighted by Gasteiger charge is 2.65. The number of phenols is 1. The molecule has 2 aliphatic heterocycles. The van der Waals surface area contributed by atoms with Gasteiger partial charge in [-0.2, -0.15) is 0 Å². The van der Waals surface area contributed by atoms with Crippen molar-refractivity contribution in [3.63, 3.8) is 0 Å². The Morgan fingerprint density at radius 3 is 2.79 bits per heavy atom. The number of aryl methyl sites for hydroxylation is 1. The summed E-state index contributed by atoms with van der Waals surface area (Å²) in [5.74, 6) is 10.6. The van der Waals surface area contributed by atoms with Gasteiger partial charge < -0.3 is 39.0 Å². The molecule has 6 rings (SSSR count). The standard InChI is InChI=1S/C28H22O10/c1-14-10-16(34-2)12-18-17(14)5-6-19(29)23(18)25(31)36-20-11-15-7-9-28(22-13-35-26(32)37-22)21(38-28)4-3-8-27(15,33)24(20)30/h5-6,10-12,20-22,24,29-30,33H,8,13H2,1-2H3/t20-,21-,22-,24+,27-,28+/m1/s1. The number of benzene rings is 2. The van der Waals surface area contributed by atoms with E-state index in [1.165, 1.54) is 19.3 Å². The Kier molecular flexibility index (Phi) is 5.34. The van der Waals surface area contributed by atoms with Gasteiger partial charge in [-0.1, -0.05) is 29.7 Å². The lowest BCUT2D eigenvalue weighted by Crippen LogP contribution is -2.45. The van der Waals surface area contributed by atoms with Gasteiger partial charge in [0, 0.05) is 17.4 Å². The van der Waals surface area contributed by atoms with Gasteiger partial charge in [0.2, 0.25) is 5.60 Å². The van der Waals surface area contributed by atoms with Crippen LogP contribution in [0.4, 0.5) is 4.79 Å². The van der Waals surface area contributed by atoms with Crippen LogP contribution in [0.5, 0.6) is 11.5 Å². The van der Waals surface area contributed by atoms with E-state index in [0.29, 0.717) is 16.5 Å². The minimum absolute atomic E-state index is 0.0589. The first kappa shape index (κ1) is 24.1. The van der Waals surface area contributed by atoms with Crippen molar-refractivity contribution in [2.45, 2.75) is 49.0 Å². The molecule has 6 atom stereocenters. The van der Waals surface area contributed by atoms with Crippen LogP contribution >= 0.6 is 0 Å². The summed E-state index contributed by atoms with van der Waals surface area (Å²) >= 11 is 0. The summed E-state index contributed by atoms with van der Waals surface area (Å²) in [5.41, 5.74) is -2.35. The Hall–Kier alpha value is -4.22. The van der Waals surface area contributed by atoms with Crippen LogP contribution in [0, 0.1) is 30.6 Å². The van der Waals surface area contributed by atoms with E-state index in [2.05, 4.69) is 23.7 Å². The van der Waals surface area contributed by atoms with Crippen molar-refractivity contribution in [2.75, 3.05) is 13.7 Å². The van der Waals surface area contributed by atoms with E-state index >= 15 is 0 Å². The topological polar surface area (TPSA) is 144 Å². The summed E-state index contributed by atoms with van der Waals surface area (Å²) in [6.07, 6.45) is -4.04. The highest BCUT2D eigenvalue weighted by atomic mass is 16.8. The summed E-state index contributed by atoms with van der Waals surface area (Å²) in [5, 5.41) is 34.0. The average Bonchev–Trinajstić information content (AvgIpc) is 3.29. The second-order valence-corrected chi connectivity index (χ2v) is 9.52. The number of epoxide rings is 1. The largest absolute Gasteiger partial charge is 0.508 e. The van der Waals surface area contributed by atoms with Crippen LogP contribution in [0.3, 0.4) is 0 Å². The normalized spacial score (nSPS) is 32.4. The van der Waals surface area contributed by atoms with Gasteiger partial charge in [-0.15, -0.1) is 0 Å². The van der Waals surface area contributed by atoms with Gasteiger partial charge in [0.1, 0.15) is 35.4 Å². The van der Waals surface area contributed by atoms with Crippen LogP contribution in [-0.4, -0.2) is 76.8 Å². The SMILES string of the molecule is COc1cc(C)c2ccc(O)c(C(=O)O[C@@H]3C=C4C#C[C@]5([C@H]6COC(=O)O6)O[C@@H]5C#CC[C@]4(O)[C@H]3O)c2c1. The average molecular weight is 518 g/mol. The molecule has 0 saturated carbocycles. The molecule has 2 aliphatic carbocycles. The van der Waals surface area contributed by atoms with E-state index in [1.807, 2.05) is 6.92 Å². The monoisotopic (exact) mass is 518 g/mol. The lowest BCUT2D eigenvalue weighted by atomic mass is 9.89. The summed E-state index contributed by atoms with van der Waals surface area (Å²) in [4.78, 5) is 24.8. The molecule has 194 valence electrons. The highest BCUT2D eigenvalue weighted by Crippen LogP contribution is 2.44. The molecular weight excluding hydrogens is 496 g/mol. The number of aliphatic hydroxyl groups excluding tert-OH is 1. The fraction of sp³-hybridized carbons (Fsp3) is 0.357. The molecule has 10 nitrogen and oxygen atoms in total. The number of hydrogen-bond acceptors (Lipinski definition) is 10. The van der Waals surface area contributed by atoms with E-state index in [9.17, 15) is 24.9 Å². The number of aliphatic hydroxyl groups is 2. The number of rotatable bonds is 4.